The Balaban J connectivity index is 1.50. The lowest BCUT2D eigenvalue weighted by atomic mass is 10.1. The van der Waals surface area contributed by atoms with E-state index in [-0.39, 0.29) is 18.3 Å². The average molecular weight is 468 g/mol. The van der Waals surface area contributed by atoms with Gasteiger partial charge in [-0.1, -0.05) is 17.3 Å². The molecule has 0 aliphatic rings. The molecule has 0 spiro atoms. The van der Waals surface area contributed by atoms with Crippen molar-refractivity contribution in [1.29, 1.82) is 0 Å². The highest BCUT2D eigenvalue weighted by Gasteiger charge is 2.18. The molecule has 0 aliphatic carbocycles. The van der Waals surface area contributed by atoms with Crippen molar-refractivity contribution in [3.05, 3.63) is 53.8 Å². The molecule has 0 aliphatic heterocycles. The van der Waals surface area contributed by atoms with Crippen LogP contribution in [0.25, 0.3) is 33.6 Å². The van der Waals surface area contributed by atoms with E-state index in [2.05, 4.69) is 20.7 Å². The van der Waals surface area contributed by atoms with Gasteiger partial charge in [0.15, 0.2) is 17.3 Å². The van der Waals surface area contributed by atoms with Gasteiger partial charge in [0.2, 0.25) is 0 Å². The van der Waals surface area contributed by atoms with Crippen LogP contribution in [0.15, 0.2) is 47.0 Å². The fourth-order valence-corrected chi connectivity index (χ4v) is 3.36. The van der Waals surface area contributed by atoms with E-state index in [1.165, 1.54) is 6.07 Å². The second kappa shape index (κ2) is 10.4. The number of hydrogen-bond donors (Lipinski definition) is 2. The van der Waals surface area contributed by atoms with Gasteiger partial charge >= 0.3 is 0 Å². The number of aromatic nitrogens is 3. The van der Waals surface area contributed by atoms with Gasteiger partial charge in [0, 0.05) is 48.8 Å². The lowest BCUT2D eigenvalue weighted by Gasteiger charge is -2.10. The maximum absolute atomic E-state index is 14.5. The summed E-state index contributed by atoms with van der Waals surface area (Å²) in [5.74, 6) is -0.140. The summed E-state index contributed by atoms with van der Waals surface area (Å²) in [6.45, 7) is 1.93. The molecule has 0 saturated heterocycles. The lowest BCUT2D eigenvalue weighted by molar-refractivity contribution is 0.0951. The SMILES string of the molecule is COCCOc1cc2[nH]nc(-c3cc(-c4ccc(C(=O)NCCN(C)C)cc4)no3)c2cc1F. The largest absolute Gasteiger partial charge is 0.488 e. The summed E-state index contributed by atoms with van der Waals surface area (Å²) in [5.41, 5.74) is 2.95. The van der Waals surface area contributed by atoms with Gasteiger partial charge in [-0.15, -0.1) is 0 Å². The van der Waals surface area contributed by atoms with Crippen molar-refractivity contribution in [2.75, 3.05) is 47.5 Å². The van der Waals surface area contributed by atoms with Gasteiger partial charge < -0.3 is 24.2 Å². The third-order valence-corrected chi connectivity index (χ3v) is 5.19. The number of carbonyl (C=O) groups is 1. The number of rotatable bonds is 10. The number of benzene rings is 2. The third kappa shape index (κ3) is 5.24. The zero-order chi connectivity index (χ0) is 24.1. The highest BCUT2D eigenvalue weighted by atomic mass is 19.1. The molecular weight excluding hydrogens is 441 g/mol. The Kier molecular flexibility index (Phi) is 7.19. The van der Waals surface area contributed by atoms with Gasteiger partial charge in [-0.2, -0.15) is 5.10 Å². The summed E-state index contributed by atoms with van der Waals surface area (Å²) in [6, 6.07) is 11.7. The summed E-state index contributed by atoms with van der Waals surface area (Å²) in [5, 5.41) is 14.7. The zero-order valence-corrected chi connectivity index (χ0v) is 19.2. The van der Waals surface area contributed by atoms with Crippen LogP contribution in [-0.2, 0) is 4.74 Å². The second-order valence-corrected chi connectivity index (χ2v) is 7.95. The Morgan fingerprint density at radius 1 is 1.18 bits per heavy atom. The monoisotopic (exact) mass is 467 g/mol. The summed E-state index contributed by atoms with van der Waals surface area (Å²) in [4.78, 5) is 14.3. The number of nitrogens with zero attached hydrogens (tertiary/aromatic N) is 3. The summed E-state index contributed by atoms with van der Waals surface area (Å²) in [6.07, 6.45) is 0. The second-order valence-electron chi connectivity index (χ2n) is 7.95. The number of methoxy groups -OCH3 is 1. The number of hydrogen-bond acceptors (Lipinski definition) is 7. The van der Waals surface area contributed by atoms with Crippen LogP contribution < -0.4 is 10.1 Å². The molecule has 0 atom stereocenters. The quantitative estimate of drug-likeness (QED) is 0.345. The van der Waals surface area contributed by atoms with Crippen molar-refractivity contribution in [3.8, 4) is 28.5 Å². The van der Waals surface area contributed by atoms with Crippen LogP contribution in [0.2, 0.25) is 0 Å². The van der Waals surface area contributed by atoms with Crippen molar-refractivity contribution in [3.63, 3.8) is 0 Å². The lowest BCUT2D eigenvalue weighted by Crippen LogP contribution is -2.31. The molecule has 2 aromatic heterocycles. The van der Waals surface area contributed by atoms with Crippen molar-refractivity contribution < 1.29 is 23.2 Å². The molecular formula is C24H26FN5O4. The van der Waals surface area contributed by atoms with Crippen molar-refractivity contribution in [2.45, 2.75) is 0 Å². The molecule has 0 bridgehead atoms. The third-order valence-electron chi connectivity index (χ3n) is 5.19. The van der Waals surface area contributed by atoms with Crippen LogP contribution in [0.1, 0.15) is 10.4 Å². The summed E-state index contributed by atoms with van der Waals surface area (Å²) in [7, 11) is 5.45. The van der Waals surface area contributed by atoms with Crippen LogP contribution in [0.5, 0.6) is 5.75 Å². The number of halogens is 1. The maximum Gasteiger partial charge on any atom is 0.251 e. The Morgan fingerprint density at radius 2 is 1.97 bits per heavy atom. The maximum atomic E-state index is 14.5. The van der Waals surface area contributed by atoms with E-state index in [0.29, 0.717) is 46.8 Å². The first-order valence-corrected chi connectivity index (χ1v) is 10.8. The van der Waals surface area contributed by atoms with Crippen LogP contribution in [0, 0.1) is 5.82 Å². The van der Waals surface area contributed by atoms with Gasteiger partial charge in [0.1, 0.15) is 18.0 Å². The molecule has 9 nitrogen and oxygen atoms in total. The number of nitrogens with one attached hydrogen (secondary N) is 2. The molecule has 0 saturated carbocycles. The molecule has 10 heteroatoms. The first kappa shape index (κ1) is 23.4. The van der Waals surface area contributed by atoms with Gasteiger partial charge in [-0.25, -0.2) is 4.39 Å². The van der Waals surface area contributed by atoms with E-state index in [0.717, 1.165) is 12.1 Å². The molecule has 4 rings (SSSR count). The molecule has 178 valence electrons. The number of ether oxygens (including phenoxy) is 2. The fourth-order valence-electron chi connectivity index (χ4n) is 3.36. The van der Waals surface area contributed by atoms with Gasteiger partial charge in [-0.3, -0.25) is 9.89 Å². The number of H-pyrrole nitrogens is 1. The van der Waals surface area contributed by atoms with Crippen molar-refractivity contribution >= 4 is 16.8 Å². The molecule has 2 N–H and O–H groups in total. The van der Waals surface area contributed by atoms with Crippen LogP contribution in [0.4, 0.5) is 4.39 Å². The van der Waals surface area contributed by atoms with Crippen LogP contribution >= 0.6 is 0 Å². The molecule has 0 radical (unpaired) electrons. The Labute approximate surface area is 195 Å². The summed E-state index contributed by atoms with van der Waals surface area (Å²) >= 11 is 0. The minimum absolute atomic E-state index is 0.115. The topological polar surface area (TPSA) is 106 Å². The van der Waals surface area contributed by atoms with E-state index in [1.807, 2.05) is 19.0 Å². The van der Waals surface area contributed by atoms with Crippen LogP contribution in [0.3, 0.4) is 0 Å². The van der Waals surface area contributed by atoms with Gasteiger partial charge in [0.25, 0.3) is 5.91 Å². The number of likely N-dealkylation sites (N-methyl/N-ethyl adjacent to an activating group) is 1. The van der Waals surface area contributed by atoms with Crippen molar-refractivity contribution in [2.24, 2.45) is 0 Å². The fraction of sp³-hybridized carbons (Fsp3) is 0.292. The van der Waals surface area contributed by atoms with Crippen molar-refractivity contribution in [1.82, 2.24) is 25.6 Å². The van der Waals surface area contributed by atoms with E-state index >= 15 is 0 Å². The predicted molar refractivity (Wildman–Crippen MR) is 125 cm³/mol. The standard InChI is InChI=1S/C24H26FN5O4/c1-30(2)9-8-26-24(31)16-6-4-15(5-7-16)19-13-22(34-29-19)23-17-12-18(25)21(33-11-10-32-3)14-20(17)27-28-23/h4-7,12-14H,8-11H2,1-3H3,(H,26,31)(H,27,28). The molecule has 1 amide bonds. The van der Waals surface area contributed by atoms with Crippen LogP contribution in [-0.4, -0.2) is 73.7 Å². The molecule has 2 aromatic carbocycles. The zero-order valence-electron chi connectivity index (χ0n) is 19.2. The van der Waals surface area contributed by atoms with E-state index in [9.17, 15) is 9.18 Å². The normalized spacial score (nSPS) is 11.3. The Bertz CT molecular complexity index is 1270. The van der Waals surface area contributed by atoms with E-state index in [1.54, 1.807) is 43.5 Å². The minimum atomic E-state index is -0.509. The summed E-state index contributed by atoms with van der Waals surface area (Å²) < 4.78 is 30.3. The number of aromatic amines is 1. The molecule has 0 fully saturated rings. The minimum Gasteiger partial charge on any atom is -0.488 e. The highest BCUT2D eigenvalue weighted by Crippen LogP contribution is 2.33. The van der Waals surface area contributed by atoms with Gasteiger partial charge in [0.05, 0.1) is 12.1 Å². The van der Waals surface area contributed by atoms with E-state index in [4.69, 9.17) is 14.0 Å². The predicted octanol–water partition coefficient (Wildman–Crippen LogP) is 3.34. The van der Waals surface area contributed by atoms with E-state index < -0.39 is 5.82 Å². The Hall–Kier alpha value is -3.76. The smallest absolute Gasteiger partial charge is 0.251 e. The average Bonchev–Trinajstić information content (AvgIpc) is 3.46. The Morgan fingerprint density at radius 3 is 2.71 bits per heavy atom. The molecule has 2 heterocycles. The molecule has 34 heavy (non-hydrogen) atoms. The molecule has 0 unspecified atom stereocenters. The first-order chi connectivity index (χ1) is 16.5. The number of amides is 1. The number of carbonyl (C=O) groups excluding carboxylic acids is 1. The first-order valence-electron chi connectivity index (χ1n) is 10.8. The number of fused-ring (bicyclic) bond motifs is 1. The highest BCUT2D eigenvalue weighted by molar-refractivity contribution is 5.95. The molecule has 4 aromatic rings. The van der Waals surface area contributed by atoms with Gasteiger partial charge in [-0.05, 0) is 32.3 Å².